The molecule has 2 aromatic heterocycles. The Morgan fingerprint density at radius 1 is 1.26 bits per heavy atom. The Bertz CT molecular complexity index is 876. The van der Waals surface area contributed by atoms with Gasteiger partial charge in [-0.2, -0.15) is 0 Å². The molecule has 5 rings (SSSR count). The van der Waals surface area contributed by atoms with Crippen molar-refractivity contribution in [2.24, 2.45) is 5.92 Å². The van der Waals surface area contributed by atoms with Crippen LogP contribution in [0.15, 0.2) is 24.5 Å². The van der Waals surface area contributed by atoms with Gasteiger partial charge in [0.15, 0.2) is 0 Å². The fourth-order valence-corrected chi connectivity index (χ4v) is 4.55. The van der Waals surface area contributed by atoms with Crippen molar-refractivity contribution in [3.8, 4) is 0 Å². The van der Waals surface area contributed by atoms with Gasteiger partial charge in [0.05, 0.1) is 24.1 Å². The number of amides is 1. The first-order chi connectivity index (χ1) is 13.2. The maximum Gasteiger partial charge on any atom is 0.223 e. The summed E-state index contributed by atoms with van der Waals surface area (Å²) in [6.45, 7) is 7.37. The maximum atomic E-state index is 12.8. The molecule has 3 aliphatic heterocycles. The van der Waals surface area contributed by atoms with Crippen LogP contribution < -0.4 is 10.2 Å². The number of pyridine rings is 2. The zero-order valence-corrected chi connectivity index (χ0v) is 15.7. The molecule has 5 heterocycles. The molecular weight excluding hydrogens is 338 g/mol. The number of rotatable bonds is 3. The molecule has 1 fully saturated rings. The first-order valence-corrected chi connectivity index (χ1v) is 9.82. The van der Waals surface area contributed by atoms with Gasteiger partial charge in [0, 0.05) is 63.4 Å². The summed E-state index contributed by atoms with van der Waals surface area (Å²) in [6, 6.07) is 4.03. The van der Waals surface area contributed by atoms with Crippen LogP contribution in [0.3, 0.4) is 0 Å². The van der Waals surface area contributed by atoms with Crippen LogP contribution in [0.1, 0.15) is 34.5 Å². The minimum absolute atomic E-state index is 0.263. The van der Waals surface area contributed by atoms with Crippen molar-refractivity contribution in [3.63, 3.8) is 0 Å². The predicted octanol–water partition coefficient (Wildman–Crippen LogP) is 1.80. The molecule has 0 spiro atoms. The Morgan fingerprint density at radius 3 is 2.96 bits per heavy atom. The second-order valence-electron chi connectivity index (χ2n) is 7.95. The summed E-state index contributed by atoms with van der Waals surface area (Å²) in [6.07, 6.45) is 5.30. The second-order valence-corrected chi connectivity index (χ2v) is 7.95. The van der Waals surface area contributed by atoms with Gasteiger partial charge in [-0.3, -0.25) is 14.8 Å². The SMILES string of the molecule is Cc1c2c(nc3c1CN(C(=O)CC1CN(c4cccnc4)C1)C3)CCNC2. The van der Waals surface area contributed by atoms with Crippen LogP contribution in [0.5, 0.6) is 0 Å². The molecule has 1 saturated heterocycles. The minimum Gasteiger partial charge on any atom is -0.370 e. The number of hydrogen-bond donors (Lipinski definition) is 1. The molecule has 6 nitrogen and oxygen atoms in total. The van der Waals surface area contributed by atoms with Gasteiger partial charge in [-0.05, 0) is 35.7 Å². The van der Waals surface area contributed by atoms with Crippen molar-refractivity contribution in [2.75, 3.05) is 24.5 Å². The van der Waals surface area contributed by atoms with E-state index in [0.717, 1.165) is 50.5 Å². The number of anilines is 1. The van der Waals surface area contributed by atoms with E-state index in [0.29, 0.717) is 18.9 Å². The van der Waals surface area contributed by atoms with Crippen LogP contribution in [0.25, 0.3) is 0 Å². The third kappa shape index (κ3) is 2.98. The zero-order chi connectivity index (χ0) is 18.4. The molecule has 0 aromatic carbocycles. The van der Waals surface area contributed by atoms with Gasteiger partial charge in [-0.25, -0.2) is 0 Å². The van der Waals surface area contributed by atoms with Gasteiger partial charge in [0.2, 0.25) is 5.91 Å². The first-order valence-electron chi connectivity index (χ1n) is 9.82. The predicted molar refractivity (Wildman–Crippen MR) is 103 cm³/mol. The van der Waals surface area contributed by atoms with E-state index in [-0.39, 0.29) is 5.91 Å². The van der Waals surface area contributed by atoms with E-state index in [2.05, 4.69) is 28.2 Å². The quantitative estimate of drug-likeness (QED) is 0.901. The van der Waals surface area contributed by atoms with Gasteiger partial charge in [-0.1, -0.05) is 0 Å². The van der Waals surface area contributed by atoms with Crippen molar-refractivity contribution < 1.29 is 4.79 Å². The molecule has 0 radical (unpaired) electrons. The largest absolute Gasteiger partial charge is 0.370 e. The zero-order valence-electron chi connectivity index (χ0n) is 15.7. The topological polar surface area (TPSA) is 61.4 Å². The lowest BCUT2D eigenvalue weighted by molar-refractivity contribution is -0.133. The Balaban J connectivity index is 1.22. The molecule has 0 saturated carbocycles. The van der Waals surface area contributed by atoms with E-state index in [1.165, 1.54) is 22.4 Å². The summed E-state index contributed by atoms with van der Waals surface area (Å²) >= 11 is 0. The number of nitrogens with zero attached hydrogens (tertiary/aromatic N) is 4. The average molecular weight is 363 g/mol. The van der Waals surface area contributed by atoms with Crippen molar-refractivity contribution in [2.45, 2.75) is 39.4 Å². The number of fused-ring (bicyclic) bond motifs is 2. The summed E-state index contributed by atoms with van der Waals surface area (Å²) in [4.78, 5) is 26.2. The highest BCUT2D eigenvalue weighted by Crippen LogP contribution is 2.31. The summed E-state index contributed by atoms with van der Waals surface area (Å²) in [5, 5.41) is 3.44. The first kappa shape index (κ1) is 16.7. The summed E-state index contributed by atoms with van der Waals surface area (Å²) < 4.78 is 0. The van der Waals surface area contributed by atoms with Crippen molar-refractivity contribution in [1.82, 2.24) is 20.2 Å². The number of carbonyl (C=O) groups excluding carboxylic acids is 1. The maximum absolute atomic E-state index is 12.8. The van der Waals surface area contributed by atoms with Gasteiger partial charge in [0.25, 0.3) is 0 Å². The normalized spacial score (nSPS) is 18.9. The van der Waals surface area contributed by atoms with Crippen LogP contribution in [0, 0.1) is 12.8 Å². The van der Waals surface area contributed by atoms with Crippen LogP contribution in [0.4, 0.5) is 5.69 Å². The van der Waals surface area contributed by atoms with E-state index < -0.39 is 0 Å². The smallest absolute Gasteiger partial charge is 0.223 e. The standard InChI is InChI=1S/C21H25N5O/c1-14-17-9-23-6-4-19(17)24-20-13-26(12-18(14)20)21(27)7-15-10-25(11-15)16-3-2-5-22-8-16/h2-3,5,8,15,23H,4,6-7,9-13H2,1H3. The van der Waals surface area contributed by atoms with E-state index in [4.69, 9.17) is 4.98 Å². The number of aromatic nitrogens is 2. The van der Waals surface area contributed by atoms with Crippen LogP contribution >= 0.6 is 0 Å². The molecule has 140 valence electrons. The molecule has 0 aliphatic carbocycles. The Morgan fingerprint density at radius 2 is 2.15 bits per heavy atom. The van der Waals surface area contributed by atoms with Gasteiger partial charge in [-0.15, -0.1) is 0 Å². The van der Waals surface area contributed by atoms with Crippen molar-refractivity contribution in [1.29, 1.82) is 0 Å². The highest BCUT2D eigenvalue weighted by atomic mass is 16.2. The van der Waals surface area contributed by atoms with Crippen molar-refractivity contribution in [3.05, 3.63) is 52.6 Å². The van der Waals surface area contributed by atoms with E-state index in [9.17, 15) is 4.79 Å². The van der Waals surface area contributed by atoms with Crippen molar-refractivity contribution >= 4 is 11.6 Å². The lowest BCUT2D eigenvalue weighted by Gasteiger charge is -2.41. The number of hydrogen-bond acceptors (Lipinski definition) is 5. The highest BCUT2D eigenvalue weighted by molar-refractivity contribution is 5.77. The summed E-state index contributed by atoms with van der Waals surface area (Å²) in [7, 11) is 0. The number of nitrogens with one attached hydrogen (secondary N) is 1. The molecule has 27 heavy (non-hydrogen) atoms. The Hall–Kier alpha value is -2.47. The lowest BCUT2D eigenvalue weighted by atomic mass is 9.95. The van der Waals surface area contributed by atoms with E-state index in [1.54, 1.807) is 6.20 Å². The molecule has 0 atom stereocenters. The highest BCUT2D eigenvalue weighted by Gasteiger charge is 2.33. The van der Waals surface area contributed by atoms with E-state index in [1.807, 2.05) is 17.2 Å². The minimum atomic E-state index is 0.263. The Kier molecular flexibility index (Phi) is 4.08. The molecular formula is C21H25N5O. The summed E-state index contributed by atoms with van der Waals surface area (Å²) in [5.74, 6) is 0.701. The fraction of sp³-hybridized carbons (Fsp3) is 0.476. The second kappa shape index (κ2) is 6.60. The third-order valence-electron chi connectivity index (χ3n) is 6.19. The van der Waals surface area contributed by atoms with E-state index >= 15 is 0 Å². The third-order valence-corrected chi connectivity index (χ3v) is 6.19. The fourth-order valence-electron chi connectivity index (χ4n) is 4.55. The van der Waals surface area contributed by atoms with Gasteiger partial charge < -0.3 is 15.1 Å². The van der Waals surface area contributed by atoms with Gasteiger partial charge >= 0.3 is 0 Å². The molecule has 2 aromatic rings. The molecule has 0 unspecified atom stereocenters. The lowest BCUT2D eigenvalue weighted by Crippen LogP contribution is -2.48. The molecule has 0 bridgehead atoms. The monoisotopic (exact) mass is 363 g/mol. The Labute approximate surface area is 159 Å². The average Bonchev–Trinajstić information content (AvgIpc) is 3.09. The molecule has 1 N–H and O–H groups in total. The molecule has 3 aliphatic rings. The number of carbonyl (C=O) groups is 1. The van der Waals surface area contributed by atoms with Gasteiger partial charge in [0.1, 0.15) is 0 Å². The van der Waals surface area contributed by atoms with Crippen LogP contribution in [-0.4, -0.2) is 40.4 Å². The molecule has 6 heteroatoms. The molecule has 1 amide bonds. The van der Waals surface area contributed by atoms with Crippen LogP contribution in [0.2, 0.25) is 0 Å². The van der Waals surface area contributed by atoms with Crippen LogP contribution in [-0.2, 0) is 30.8 Å². The summed E-state index contributed by atoms with van der Waals surface area (Å²) in [5.41, 5.74) is 7.45.